The summed E-state index contributed by atoms with van der Waals surface area (Å²) < 4.78 is 2.53. The van der Waals surface area contributed by atoms with Gasteiger partial charge >= 0.3 is 0 Å². The minimum atomic E-state index is -0.321. The lowest BCUT2D eigenvalue weighted by Gasteiger charge is -2.06. The zero-order chi connectivity index (χ0) is 12.3. The van der Waals surface area contributed by atoms with Crippen molar-refractivity contribution in [2.45, 2.75) is 6.54 Å². The number of nitrogens with zero attached hydrogens (tertiary/aromatic N) is 3. The minimum Gasteiger partial charge on any atom is -0.290 e. The Kier molecular flexibility index (Phi) is 3.50. The first-order chi connectivity index (χ1) is 8.20. The average Bonchev–Trinajstić information content (AvgIpc) is 2.83. The number of rotatable bonds is 3. The van der Waals surface area contributed by atoms with Gasteiger partial charge in [0.2, 0.25) is 0 Å². The summed E-state index contributed by atoms with van der Waals surface area (Å²) in [5.41, 5.74) is 3.59. The third kappa shape index (κ3) is 2.69. The Morgan fingerprint density at radius 3 is 2.94 bits per heavy atom. The Hall–Kier alpha value is -1.73. The second-order valence-corrected chi connectivity index (χ2v) is 4.23. The first-order valence-electron chi connectivity index (χ1n) is 4.82. The van der Waals surface area contributed by atoms with Crippen molar-refractivity contribution in [2.24, 2.45) is 5.84 Å². The van der Waals surface area contributed by atoms with Gasteiger partial charge in [-0.3, -0.25) is 10.2 Å². The van der Waals surface area contributed by atoms with Crippen LogP contribution in [0.3, 0.4) is 0 Å². The summed E-state index contributed by atoms with van der Waals surface area (Å²) in [6.07, 6.45) is 3.11. The highest BCUT2D eigenvalue weighted by Gasteiger charge is 2.07. The molecule has 88 valence electrons. The van der Waals surface area contributed by atoms with Crippen LogP contribution in [0.5, 0.6) is 0 Å². The number of carbonyl (C=O) groups is 1. The molecule has 0 fully saturated rings. The van der Waals surface area contributed by atoms with E-state index in [4.69, 9.17) is 5.84 Å². The molecule has 0 aliphatic rings. The van der Waals surface area contributed by atoms with Crippen molar-refractivity contribution in [3.63, 3.8) is 0 Å². The van der Waals surface area contributed by atoms with Crippen molar-refractivity contribution in [1.82, 2.24) is 20.2 Å². The van der Waals surface area contributed by atoms with Crippen LogP contribution in [0.1, 0.15) is 15.9 Å². The average molecular weight is 296 g/mol. The number of halogens is 1. The number of nitrogens with two attached hydrogens (primary N) is 1. The molecule has 1 aromatic carbocycles. The summed E-state index contributed by atoms with van der Waals surface area (Å²) in [4.78, 5) is 15.2. The van der Waals surface area contributed by atoms with E-state index in [9.17, 15) is 4.79 Å². The molecule has 6 nitrogen and oxygen atoms in total. The van der Waals surface area contributed by atoms with Crippen molar-refractivity contribution in [3.8, 4) is 0 Å². The van der Waals surface area contributed by atoms with Crippen molar-refractivity contribution in [1.29, 1.82) is 0 Å². The van der Waals surface area contributed by atoms with Crippen molar-refractivity contribution in [2.75, 3.05) is 0 Å². The molecule has 7 heteroatoms. The van der Waals surface area contributed by atoms with Crippen LogP contribution in [-0.2, 0) is 6.54 Å². The number of hydrazine groups is 1. The molecule has 0 aliphatic heterocycles. The van der Waals surface area contributed by atoms with Crippen LogP contribution in [0.25, 0.3) is 0 Å². The number of hydrogen-bond acceptors (Lipinski definition) is 4. The number of hydrogen-bond donors (Lipinski definition) is 2. The van der Waals surface area contributed by atoms with Crippen LogP contribution in [0.2, 0.25) is 0 Å². The minimum absolute atomic E-state index is 0.321. The Morgan fingerprint density at radius 1 is 1.53 bits per heavy atom. The Bertz CT molecular complexity index is 525. The summed E-state index contributed by atoms with van der Waals surface area (Å²) in [6.45, 7) is 0.588. The van der Waals surface area contributed by atoms with E-state index >= 15 is 0 Å². The number of aromatic nitrogens is 3. The molecular weight excluding hydrogens is 286 g/mol. The van der Waals surface area contributed by atoms with E-state index < -0.39 is 0 Å². The van der Waals surface area contributed by atoms with Gasteiger partial charge in [0.15, 0.2) is 0 Å². The molecule has 2 rings (SSSR count). The van der Waals surface area contributed by atoms with E-state index in [0.717, 1.165) is 10.0 Å². The zero-order valence-electron chi connectivity index (χ0n) is 8.80. The normalized spacial score (nSPS) is 10.2. The monoisotopic (exact) mass is 295 g/mol. The van der Waals surface area contributed by atoms with Crippen LogP contribution in [0.4, 0.5) is 0 Å². The summed E-state index contributed by atoms with van der Waals surface area (Å²) in [6, 6.07) is 5.27. The predicted octanol–water partition coefficient (Wildman–Crippen LogP) is 0.692. The fourth-order valence-electron chi connectivity index (χ4n) is 1.39. The summed E-state index contributed by atoms with van der Waals surface area (Å²) in [7, 11) is 0. The largest absolute Gasteiger partial charge is 0.290 e. The highest BCUT2D eigenvalue weighted by Crippen LogP contribution is 2.19. The van der Waals surface area contributed by atoms with Crippen LogP contribution >= 0.6 is 15.9 Å². The molecular formula is C10H10BrN5O. The lowest BCUT2D eigenvalue weighted by molar-refractivity contribution is 0.0953. The molecule has 0 spiro atoms. The van der Waals surface area contributed by atoms with Gasteiger partial charge in [0.25, 0.3) is 5.91 Å². The SMILES string of the molecule is NNC(=O)c1ccc(Cn2cncn2)c(Br)c1. The molecule has 2 aromatic rings. The van der Waals surface area contributed by atoms with E-state index in [0.29, 0.717) is 12.1 Å². The maximum Gasteiger partial charge on any atom is 0.265 e. The van der Waals surface area contributed by atoms with Gasteiger partial charge in [-0.15, -0.1) is 0 Å². The van der Waals surface area contributed by atoms with Gasteiger partial charge in [0.05, 0.1) is 6.54 Å². The van der Waals surface area contributed by atoms with Crippen molar-refractivity contribution in [3.05, 3.63) is 46.5 Å². The topological polar surface area (TPSA) is 85.8 Å². The number of amides is 1. The third-order valence-electron chi connectivity index (χ3n) is 2.25. The van der Waals surface area contributed by atoms with E-state index in [2.05, 4.69) is 31.4 Å². The number of benzene rings is 1. The standard InChI is InChI=1S/C10H10BrN5O/c11-9-3-7(10(17)15-12)1-2-8(9)4-16-6-13-5-14-16/h1-3,5-6H,4,12H2,(H,15,17). The summed E-state index contributed by atoms with van der Waals surface area (Å²) in [5.74, 6) is 4.74. The van der Waals surface area contributed by atoms with Gasteiger partial charge in [-0.2, -0.15) is 5.10 Å². The molecule has 1 amide bonds. The number of carbonyl (C=O) groups excluding carboxylic acids is 1. The third-order valence-corrected chi connectivity index (χ3v) is 2.98. The summed E-state index contributed by atoms with van der Waals surface area (Å²) >= 11 is 3.41. The zero-order valence-corrected chi connectivity index (χ0v) is 10.4. The fraction of sp³-hybridized carbons (Fsp3) is 0.100. The Morgan fingerprint density at radius 2 is 2.35 bits per heavy atom. The second kappa shape index (κ2) is 5.07. The Labute approximate surface area is 106 Å². The molecule has 0 bridgehead atoms. The molecule has 0 saturated carbocycles. The lowest BCUT2D eigenvalue weighted by atomic mass is 10.1. The number of nitrogen functional groups attached to an aromatic ring is 1. The van der Waals surface area contributed by atoms with E-state index in [1.165, 1.54) is 6.33 Å². The highest BCUT2D eigenvalue weighted by molar-refractivity contribution is 9.10. The quantitative estimate of drug-likeness (QED) is 0.496. The molecule has 0 saturated heterocycles. The molecule has 0 unspecified atom stereocenters. The smallest absolute Gasteiger partial charge is 0.265 e. The van der Waals surface area contributed by atoms with Gasteiger partial charge in [0.1, 0.15) is 12.7 Å². The van der Waals surface area contributed by atoms with E-state index in [1.54, 1.807) is 23.1 Å². The van der Waals surface area contributed by atoms with Gasteiger partial charge in [0, 0.05) is 10.0 Å². The fourth-order valence-corrected chi connectivity index (χ4v) is 1.89. The molecule has 3 N–H and O–H groups in total. The molecule has 0 radical (unpaired) electrons. The molecule has 0 aliphatic carbocycles. The summed E-state index contributed by atoms with van der Waals surface area (Å²) in [5, 5.41) is 4.01. The van der Waals surface area contributed by atoms with Crippen LogP contribution in [0, 0.1) is 0 Å². The first kappa shape index (κ1) is 11.7. The number of nitrogens with one attached hydrogen (secondary N) is 1. The van der Waals surface area contributed by atoms with Crippen LogP contribution in [0.15, 0.2) is 35.3 Å². The van der Waals surface area contributed by atoms with Crippen LogP contribution < -0.4 is 11.3 Å². The van der Waals surface area contributed by atoms with Gasteiger partial charge in [-0.05, 0) is 17.7 Å². The highest BCUT2D eigenvalue weighted by atomic mass is 79.9. The predicted molar refractivity (Wildman–Crippen MR) is 64.9 cm³/mol. The van der Waals surface area contributed by atoms with Gasteiger partial charge in [-0.1, -0.05) is 22.0 Å². The van der Waals surface area contributed by atoms with Crippen LogP contribution in [-0.4, -0.2) is 20.7 Å². The van der Waals surface area contributed by atoms with Crippen molar-refractivity contribution >= 4 is 21.8 Å². The molecule has 1 aromatic heterocycles. The first-order valence-corrected chi connectivity index (χ1v) is 5.62. The second-order valence-electron chi connectivity index (χ2n) is 3.37. The van der Waals surface area contributed by atoms with E-state index in [-0.39, 0.29) is 5.91 Å². The lowest BCUT2D eigenvalue weighted by Crippen LogP contribution is -2.29. The maximum absolute atomic E-state index is 11.3. The van der Waals surface area contributed by atoms with E-state index in [1.807, 2.05) is 6.07 Å². The van der Waals surface area contributed by atoms with Gasteiger partial charge < -0.3 is 0 Å². The maximum atomic E-state index is 11.3. The molecule has 1 heterocycles. The molecule has 0 atom stereocenters. The van der Waals surface area contributed by atoms with Gasteiger partial charge in [-0.25, -0.2) is 15.5 Å². The Balaban J connectivity index is 2.23. The van der Waals surface area contributed by atoms with Crippen molar-refractivity contribution < 1.29 is 4.79 Å². The molecule has 17 heavy (non-hydrogen) atoms.